The first-order chi connectivity index (χ1) is 16.8. The number of rotatable bonds is 7. The van der Waals surface area contributed by atoms with E-state index >= 15 is 0 Å². The third-order valence-corrected chi connectivity index (χ3v) is 8.51. The van der Waals surface area contributed by atoms with Crippen molar-refractivity contribution in [3.05, 3.63) is 60.2 Å². The zero-order chi connectivity index (χ0) is 24.8. The highest BCUT2D eigenvalue weighted by atomic mass is 32.2. The summed E-state index contributed by atoms with van der Waals surface area (Å²) < 4.78 is 32.5. The monoisotopic (exact) mass is 499 g/mol. The van der Waals surface area contributed by atoms with Gasteiger partial charge in [-0.3, -0.25) is 9.59 Å². The zero-order valence-electron chi connectivity index (χ0n) is 20.1. The van der Waals surface area contributed by atoms with Gasteiger partial charge in [-0.05, 0) is 49.6 Å². The quantitative estimate of drug-likeness (QED) is 0.545. The van der Waals surface area contributed by atoms with Gasteiger partial charge in [0.15, 0.2) is 6.10 Å². The Morgan fingerprint density at radius 2 is 1.49 bits per heavy atom. The number of hydrogen-bond acceptors (Lipinski definition) is 6. The fourth-order valence-corrected chi connectivity index (χ4v) is 6.09. The van der Waals surface area contributed by atoms with Crippen LogP contribution in [0.2, 0.25) is 0 Å². The molecular formula is C26H33N3O5S. The van der Waals surface area contributed by atoms with E-state index in [-0.39, 0.29) is 17.2 Å². The first-order valence-electron chi connectivity index (χ1n) is 12.2. The smallest absolute Gasteiger partial charge is 0.311 e. The number of para-hydroxylation sites is 1. The molecule has 1 unspecified atom stereocenters. The fraction of sp³-hybridized carbons (Fsp3) is 0.462. The van der Waals surface area contributed by atoms with Crippen LogP contribution >= 0.6 is 0 Å². The van der Waals surface area contributed by atoms with Crippen LogP contribution in [-0.4, -0.2) is 74.9 Å². The summed E-state index contributed by atoms with van der Waals surface area (Å²) in [5.41, 5.74) is 1.78. The van der Waals surface area contributed by atoms with Gasteiger partial charge in [0, 0.05) is 45.0 Å². The van der Waals surface area contributed by atoms with E-state index in [0.717, 1.165) is 38.0 Å². The highest BCUT2D eigenvalue weighted by Crippen LogP contribution is 2.21. The summed E-state index contributed by atoms with van der Waals surface area (Å²) in [6, 6.07) is 16.4. The molecule has 2 saturated heterocycles. The lowest BCUT2D eigenvalue weighted by Crippen LogP contribution is -2.51. The molecule has 0 aliphatic carbocycles. The number of piperazine rings is 1. The summed E-state index contributed by atoms with van der Waals surface area (Å²) in [6.45, 7) is 5.28. The zero-order valence-corrected chi connectivity index (χ0v) is 21.0. The Hall–Kier alpha value is -2.91. The second-order valence-corrected chi connectivity index (χ2v) is 11.0. The first-order valence-corrected chi connectivity index (χ1v) is 13.7. The van der Waals surface area contributed by atoms with E-state index in [1.165, 1.54) is 16.4 Å². The molecule has 2 aliphatic heterocycles. The van der Waals surface area contributed by atoms with Gasteiger partial charge in [-0.2, -0.15) is 4.31 Å². The second kappa shape index (κ2) is 11.2. The average molecular weight is 500 g/mol. The van der Waals surface area contributed by atoms with Gasteiger partial charge in [0.25, 0.3) is 5.91 Å². The number of nitrogens with zero attached hydrogens (tertiary/aromatic N) is 3. The van der Waals surface area contributed by atoms with Crippen molar-refractivity contribution in [2.75, 3.05) is 44.2 Å². The van der Waals surface area contributed by atoms with Crippen LogP contribution in [0.25, 0.3) is 0 Å². The van der Waals surface area contributed by atoms with E-state index < -0.39 is 22.1 Å². The number of hydrogen-bond donors (Lipinski definition) is 0. The average Bonchev–Trinajstić information content (AvgIpc) is 2.89. The minimum atomic E-state index is -3.51. The Morgan fingerprint density at radius 1 is 0.857 bits per heavy atom. The standard InChI is InChI=1S/C26H33N3O5S/c1-21(26(31)28-18-16-27(17-19-28)23-8-4-2-5-9-23)34-25(30)20-22-10-12-24(13-11-22)35(32,33)29-14-6-3-7-15-29/h2,4-5,8-13,21H,3,6-7,14-20H2,1H3. The van der Waals surface area contributed by atoms with Crippen LogP contribution in [0.15, 0.2) is 59.5 Å². The van der Waals surface area contributed by atoms with Gasteiger partial charge in [-0.15, -0.1) is 0 Å². The number of carbonyl (C=O) groups excluding carboxylic acids is 2. The van der Waals surface area contributed by atoms with Gasteiger partial charge in [0.1, 0.15) is 0 Å². The van der Waals surface area contributed by atoms with Gasteiger partial charge in [-0.25, -0.2) is 8.42 Å². The highest BCUT2D eigenvalue weighted by Gasteiger charge is 2.28. The molecule has 35 heavy (non-hydrogen) atoms. The number of benzene rings is 2. The summed E-state index contributed by atoms with van der Waals surface area (Å²) in [7, 11) is -3.51. The van der Waals surface area contributed by atoms with Crippen molar-refractivity contribution in [2.24, 2.45) is 0 Å². The summed E-state index contributed by atoms with van der Waals surface area (Å²) in [6.07, 6.45) is 1.91. The normalized spacial score (nSPS) is 18.2. The van der Waals surface area contributed by atoms with E-state index in [1.807, 2.05) is 18.2 Å². The lowest BCUT2D eigenvalue weighted by Gasteiger charge is -2.37. The molecule has 1 amide bonds. The van der Waals surface area contributed by atoms with Gasteiger partial charge < -0.3 is 14.5 Å². The molecule has 4 rings (SSSR count). The van der Waals surface area contributed by atoms with Gasteiger partial charge in [-0.1, -0.05) is 36.8 Å². The highest BCUT2D eigenvalue weighted by molar-refractivity contribution is 7.89. The van der Waals surface area contributed by atoms with Crippen molar-refractivity contribution < 1.29 is 22.7 Å². The van der Waals surface area contributed by atoms with Crippen molar-refractivity contribution in [1.29, 1.82) is 0 Å². The van der Waals surface area contributed by atoms with Crippen LogP contribution in [0, 0.1) is 0 Å². The predicted octanol–water partition coefficient (Wildman–Crippen LogP) is 2.68. The number of amides is 1. The van der Waals surface area contributed by atoms with E-state index in [0.29, 0.717) is 31.7 Å². The van der Waals surface area contributed by atoms with Crippen LogP contribution in [0.5, 0.6) is 0 Å². The van der Waals surface area contributed by atoms with Crippen molar-refractivity contribution in [2.45, 2.75) is 43.6 Å². The molecule has 8 nitrogen and oxygen atoms in total. The summed E-state index contributed by atoms with van der Waals surface area (Å²) in [5.74, 6) is -0.713. The van der Waals surface area contributed by atoms with Crippen molar-refractivity contribution in [3.8, 4) is 0 Å². The Morgan fingerprint density at radius 3 is 2.11 bits per heavy atom. The minimum absolute atomic E-state index is 0.0244. The van der Waals surface area contributed by atoms with Crippen molar-refractivity contribution in [1.82, 2.24) is 9.21 Å². The number of ether oxygens (including phenoxy) is 1. The van der Waals surface area contributed by atoms with Crippen molar-refractivity contribution >= 4 is 27.6 Å². The van der Waals surface area contributed by atoms with Gasteiger partial charge in [0.2, 0.25) is 10.0 Å². The molecular weight excluding hydrogens is 466 g/mol. The first kappa shape index (κ1) is 25.2. The van der Waals surface area contributed by atoms with Gasteiger partial charge >= 0.3 is 5.97 Å². The van der Waals surface area contributed by atoms with E-state index in [2.05, 4.69) is 17.0 Å². The molecule has 2 fully saturated rings. The maximum atomic E-state index is 12.8. The third kappa shape index (κ3) is 6.21. The number of sulfonamides is 1. The molecule has 9 heteroatoms. The molecule has 0 N–H and O–H groups in total. The molecule has 0 bridgehead atoms. The predicted molar refractivity (Wildman–Crippen MR) is 134 cm³/mol. The lowest BCUT2D eigenvalue weighted by atomic mass is 10.1. The molecule has 0 radical (unpaired) electrons. The molecule has 0 spiro atoms. The molecule has 2 aliphatic rings. The Kier molecular flexibility index (Phi) is 8.07. The van der Waals surface area contributed by atoms with Crippen LogP contribution in [0.4, 0.5) is 5.69 Å². The van der Waals surface area contributed by atoms with E-state index in [1.54, 1.807) is 24.0 Å². The largest absolute Gasteiger partial charge is 0.452 e. The Bertz CT molecular complexity index is 1110. The van der Waals surface area contributed by atoms with E-state index in [4.69, 9.17) is 4.74 Å². The SMILES string of the molecule is CC(OC(=O)Cc1ccc(S(=O)(=O)N2CCCCC2)cc1)C(=O)N1CCN(c2ccccc2)CC1. The van der Waals surface area contributed by atoms with Crippen LogP contribution in [-0.2, 0) is 30.8 Å². The Labute approximate surface area is 207 Å². The van der Waals surface area contributed by atoms with Gasteiger partial charge in [0.05, 0.1) is 11.3 Å². The van der Waals surface area contributed by atoms with Crippen LogP contribution < -0.4 is 4.90 Å². The summed E-state index contributed by atoms with van der Waals surface area (Å²) in [4.78, 5) is 29.4. The summed E-state index contributed by atoms with van der Waals surface area (Å²) >= 11 is 0. The van der Waals surface area contributed by atoms with Crippen LogP contribution in [0.3, 0.4) is 0 Å². The molecule has 2 heterocycles. The maximum Gasteiger partial charge on any atom is 0.311 e. The minimum Gasteiger partial charge on any atom is -0.452 e. The van der Waals surface area contributed by atoms with E-state index in [9.17, 15) is 18.0 Å². The second-order valence-electron chi connectivity index (χ2n) is 9.07. The van der Waals surface area contributed by atoms with Crippen molar-refractivity contribution in [3.63, 3.8) is 0 Å². The number of esters is 1. The molecule has 2 aromatic rings. The topological polar surface area (TPSA) is 87.2 Å². The number of carbonyl (C=O) groups is 2. The fourth-order valence-electron chi connectivity index (χ4n) is 4.57. The molecule has 2 aromatic carbocycles. The number of piperidine rings is 1. The molecule has 1 atom stereocenters. The summed E-state index contributed by atoms with van der Waals surface area (Å²) in [5, 5.41) is 0. The number of anilines is 1. The molecule has 0 aromatic heterocycles. The van der Waals surface area contributed by atoms with Crippen LogP contribution in [0.1, 0.15) is 31.7 Å². The Balaban J connectivity index is 1.26. The maximum absolute atomic E-state index is 12.8. The lowest BCUT2D eigenvalue weighted by molar-refractivity contribution is -0.158. The third-order valence-electron chi connectivity index (χ3n) is 6.59. The molecule has 188 valence electrons. The molecule has 0 saturated carbocycles.